The topological polar surface area (TPSA) is 119 Å². The lowest BCUT2D eigenvalue weighted by molar-refractivity contribution is -0.142. The van der Waals surface area contributed by atoms with Gasteiger partial charge in [-0.3, -0.25) is 19.3 Å². The molecule has 11 nitrogen and oxygen atoms in total. The maximum absolute atomic E-state index is 13.1. The Morgan fingerprint density at radius 2 is 1.62 bits per heavy atom. The molecule has 2 fully saturated rings. The van der Waals surface area contributed by atoms with Gasteiger partial charge in [-0.25, -0.2) is 15.1 Å². The van der Waals surface area contributed by atoms with Gasteiger partial charge in [0, 0.05) is 87.8 Å². The minimum atomic E-state index is -4.49. The molecule has 0 unspecified atom stereocenters. The lowest BCUT2D eigenvalue weighted by Crippen LogP contribution is -2.57. The van der Waals surface area contributed by atoms with Crippen molar-refractivity contribution in [3.63, 3.8) is 0 Å². The predicted molar refractivity (Wildman–Crippen MR) is 138 cm³/mol. The largest absolute Gasteiger partial charge is 0.419 e. The van der Waals surface area contributed by atoms with Gasteiger partial charge in [-0.05, 0) is 6.42 Å². The van der Waals surface area contributed by atoms with E-state index in [9.17, 15) is 27.6 Å². The van der Waals surface area contributed by atoms with Gasteiger partial charge in [-0.1, -0.05) is 20.8 Å². The second-order valence-corrected chi connectivity index (χ2v) is 11.7. The minimum Gasteiger partial charge on any atom is -0.339 e. The molecule has 40 heavy (non-hydrogen) atoms. The van der Waals surface area contributed by atoms with Gasteiger partial charge < -0.3 is 14.7 Å². The molecule has 2 saturated heterocycles. The predicted octanol–water partition coefficient (Wildman–Crippen LogP) is 1.29. The minimum absolute atomic E-state index is 0.0315. The Hall–Kier alpha value is -3.55. The van der Waals surface area contributed by atoms with Gasteiger partial charge in [0.1, 0.15) is 0 Å². The van der Waals surface area contributed by atoms with E-state index in [-0.39, 0.29) is 29.2 Å². The van der Waals surface area contributed by atoms with Gasteiger partial charge in [0.2, 0.25) is 17.8 Å². The van der Waals surface area contributed by atoms with Crippen LogP contribution in [0.15, 0.2) is 17.2 Å². The third kappa shape index (κ3) is 5.67. The van der Waals surface area contributed by atoms with Crippen molar-refractivity contribution in [3.05, 3.63) is 45.1 Å². The Morgan fingerprint density at radius 3 is 2.23 bits per heavy atom. The van der Waals surface area contributed by atoms with Crippen LogP contribution in [0.1, 0.15) is 43.2 Å². The van der Waals surface area contributed by atoms with Crippen molar-refractivity contribution in [1.29, 1.82) is 0 Å². The highest BCUT2D eigenvalue weighted by Crippen LogP contribution is 2.29. The molecule has 2 amide bonds. The molecule has 14 heteroatoms. The first-order valence-corrected chi connectivity index (χ1v) is 13.4. The number of hydrogen-bond acceptors (Lipinski definition) is 8. The molecule has 1 N–H and O–H groups in total. The average Bonchev–Trinajstić information content (AvgIpc) is 2.90. The summed E-state index contributed by atoms with van der Waals surface area (Å²) >= 11 is 0. The number of nitrogens with zero attached hydrogens (tertiary/aromatic N) is 7. The van der Waals surface area contributed by atoms with E-state index in [0.29, 0.717) is 70.9 Å². The van der Waals surface area contributed by atoms with Gasteiger partial charge in [0.15, 0.2) is 0 Å². The number of anilines is 1. The normalized spacial score (nSPS) is 18.9. The number of aromatic nitrogens is 4. The quantitative estimate of drug-likeness (QED) is 0.593. The molecule has 5 heterocycles. The van der Waals surface area contributed by atoms with E-state index in [4.69, 9.17) is 0 Å². The molecule has 0 saturated carbocycles. The van der Waals surface area contributed by atoms with E-state index in [1.165, 1.54) is 0 Å². The summed E-state index contributed by atoms with van der Waals surface area (Å²) in [5.41, 5.74) is 0.548. The molecule has 3 aliphatic heterocycles. The van der Waals surface area contributed by atoms with E-state index in [1.54, 1.807) is 14.7 Å². The summed E-state index contributed by atoms with van der Waals surface area (Å²) in [7, 11) is 0. The van der Waals surface area contributed by atoms with Crippen LogP contribution in [0.2, 0.25) is 0 Å². The Kier molecular flexibility index (Phi) is 7.31. The zero-order chi connectivity index (χ0) is 28.8. The van der Waals surface area contributed by atoms with Crippen LogP contribution in [0.5, 0.6) is 0 Å². The number of amides is 2. The fourth-order valence-corrected chi connectivity index (χ4v) is 5.39. The lowest BCUT2D eigenvalue weighted by Gasteiger charge is -2.43. The van der Waals surface area contributed by atoms with Crippen LogP contribution in [0.25, 0.3) is 0 Å². The second kappa shape index (κ2) is 10.5. The van der Waals surface area contributed by atoms with E-state index in [2.05, 4.69) is 25.1 Å². The molecule has 5 rings (SSSR count). The van der Waals surface area contributed by atoms with Crippen LogP contribution in [-0.2, 0) is 35.3 Å². The standard InChI is InChI=1S/C26H33F3N8O3/c1-25(2,3)23(40)37-5-4-18-19(14-37)20(32-33-21(18)38)15-34-12-16(13-34)22(39)35-6-8-36(9-7-35)24-30-10-17(11-31-24)26(27,28)29/h10-11,16H,4-9,12-15H2,1-3H3,(H,33,38). The molecule has 0 radical (unpaired) electrons. The molecule has 216 valence electrons. The highest BCUT2D eigenvalue weighted by atomic mass is 19.4. The van der Waals surface area contributed by atoms with Crippen LogP contribution >= 0.6 is 0 Å². The van der Waals surface area contributed by atoms with Crippen molar-refractivity contribution >= 4 is 17.8 Å². The number of nitrogens with one attached hydrogen (secondary N) is 1. The first kappa shape index (κ1) is 28.0. The van der Waals surface area contributed by atoms with Crippen molar-refractivity contribution in [3.8, 4) is 0 Å². The van der Waals surface area contributed by atoms with Gasteiger partial charge in [0.25, 0.3) is 5.56 Å². The number of fused-ring (bicyclic) bond motifs is 1. The van der Waals surface area contributed by atoms with E-state index in [0.717, 1.165) is 23.7 Å². The Morgan fingerprint density at radius 1 is 0.975 bits per heavy atom. The van der Waals surface area contributed by atoms with Crippen LogP contribution in [0.3, 0.4) is 0 Å². The van der Waals surface area contributed by atoms with Crippen LogP contribution in [0.4, 0.5) is 19.1 Å². The monoisotopic (exact) mass is 562 g/mol. The van der Waals surface area contributed by atoms with E-state index < -0.39 is 17.2 Å². The smallest absolute Gasteiger partial charge is 0.339 e. The Labute approximate surface area is 229 Å². The highest BCUT2D eigenvalue weighted by molar-refractivity contribution is 5.82. The number of H-pyrrole nitrogens is 1. The number of likely N-dealkylation sites (tertiary alicyclic amines) is 1. The van der Waals surface area contributed by atoms with Crippen molar-refractivity contribution < 1.29 is 22.8 Å². The molecule has 0 bridgehead atoms. The summed E-state index contributed by atoms with van der Waals surface area (Å²) < 4.78 is 38.3. The first-order chi connectivity index (χ1) is 18.8. The lowest BCUT2D eigenvalue weighted by atomic mass is 9.91. The fraction of sp³-hybridized carbons (Fsp3) is 0.615. The second-order valence-electron chi connectivity index (χ2n) is 11.7. The van der Waals surface area contributed by atoms with Gasteiger partial charge in [0.05, 0.1) is 17.2 Å². The molecular weight excluding hydrogens is 529 g/mol. The third-order valence-electron chi connectivity index (χ3n) is 7.71. The number of aromatic amines is 1. The van der Waals surface area contributed by atoms with Gasteiger partial charge in [-0.15, -0.1) is 0 Å². The molecule has 2 aromatic rings. The maximum Gasteiger partial charge on any atom is 0.419 e. The number of alkyl halides is 3. The summed E-state index contributed by atoms with van der Waals surface area (Å²) in [6.07, 6.45) is -2.46. The molecule has 0 spiro atoms. The van der Waals surface area contributed by atoms with E-state index >= 15 is 0 Å². The molecule has 0 atom stereocenters. The molecule has 0 aromatic carbocycles. The SMILES string of the molecule is CC(C)(C)C(=O)N1CCc2c(c(CN3CC(C(=O)N4CCN(c5ncc(C(F)(F)F)cn5)CC4)C3)n[nH]c2=O)C1. The van der Waals surface area contributed by atoms with Crippen molar-refractivity contribution in [1.82, 2.24) is 34.9 Å². The van der Waals surface area contributed by atoms with Crippen molar-refractivity contribution in [2.24, 2.45) is 11.3 Å². The van der Waals surface area contributed by atoms with E-state index in [1.807, 2.05) is 20.8 Å². The fourth-order valence-electron chi connectivity index (χ4n) is 5.39. The summed E-state index contributed by atoms with van der Waals surface area (Å²) in [5.74, 6) is 0.132. The van der Waals surface area contributed by atoms with Crippen LogP contribution in [0, 0.1) is 11.3 Å². The van der Waals surface area contributed by atoms with Gasteiger partial charge in [-0.2, -0.15) is 18.3 Å². The molecule has 3 aliphatic rings. The average molecular weight is 563 g/mol. The zero-order valence-corrected chi connectivity index (χ0v) is 22.8. The molecule has 2 aromatic heterocycles. The summed E-state index contributed by atoms with van der Waals surface area (Å²) in [6.45, 7) is 9.80. The third-order valence-corrected chi connectivity index (χ3v) is 7.71. The summed E-state index contributed by atoms with van der Waals surface area (Å²) in [6, 6.07) is 0. The van der Waals surface area contributed by atoms with Crippen molar-refractivity contribution in [2.75, 3.05) is 50.7 Å². The summed E-state index contributed by atoms with van der Waals surface area (Å²) in [5, 5.41) is 6.88. The molecular formula is C26H33F3N8O3. The Bertz CT molecular complexity index is 1320. The first-order valence-electron chi connectivity index (χ1n) is 13.4. The number of halogens is 3. The maximum atomic E-state index is 13.1. The highest BCUT2D eigenvalue weighted by Gasteiger charge is 2.38. The number of carbonyl (C=O) groups excluding carboxylic acids is 2. The summed E-state index contributed by atoms with van der Waals surface area (Å²) in [4.78, 5) is 53.5. The number of piperazine rings is 1. The number of rotatable bonds is 4. The molecule has 0 aliphatic carbocycles. The number of hydrogen-bond donors (Lipinski definition) is 1. The zero-order valence-electron chi connectivity index (χ0n) is 22.8. The number of carbonyl (C=O) groups is 2. The Balaban J connectivity index is 1.14. The van der Waals surface area contributed by atoms with Crippen LogP contribution in [-0.4, -0.2) is 92.5 Å². The van der Waals surface area contributed by atoms with Gasteiger partial charge >= 0.3 is 6.18 Å². The van der Waals surface area contributed by atoms with Crippen molar-refractivity contribution in [2.45, 2.75) is 46.5 Å². The van der Waals surface area contributed by atoms with Crippen LogP contribution < -0.4 is 10.5 Å².